The maximum Gasteiger partial charge on any atom is 0.315 e. The highest BCUT2D eigenvalue weighted by Crippen LogP contribution is 2.20. The van der Waals surface area contributed by atoms with Crippen LogP contribution in [0.15, 0.2) is 0 Å². The van der Waals surface area contributed by atoms with Crippen LogP contribution in [0.1, 0.15) is 72.1 Å². The van der Waals surface area contributed by atoms with Crippen LogP contribution >= 0.6 is 0 Å². The van der Waals surface area contributed by atoms with Gasteiger partial charge < -0.3 is 10.6 Å². The van der Waals surface area contributed by atoms with E-state index in [1.165, 1.54) is 19.3 Å². The Kier molecular flexibility index (Phi) is 5.79. The number of carbonyl (C=O) groups is 1. The van der Waals surface area contributed by atoms with Crippen LogP contribution in [0.2, 0.25) is 0 Å². The first-order valence-corrected chi connectivity index (χ1v) is 7.24. The van der Waals surface area contributed by atoms with E-state index in [1.807, 2.05) is 0 Å². The van der Waals surface area contributed by atoms with E-state index >= 15 is 0 Å². The molecule has 0 aromatic rings. The van der Waals surface area contributed by atoms with Gasteiger partial charge in [0.15, 0.2) is 0 Å². The van der Waals surface area contributed by atoms with Gasteiger partial charge in [0.05, 0.1) is 0 Å². The van der Waals surface area contributed by atoms with Gasteiger partial charge in [0.2, 0.25) is 0 Å². The molecule has 1 aliphatic rings. The quantitative estimate of drug-likeness (QED) is 0.757. The van der Waals surface area contributed by atoms with Crippen LogP contribution in [-0.2, 0) is 0 Å². The molecule has 100 valence electrons. The van der Waals surface area contributed by atoms with Gasteiger partial charge in [-0.25, -0.2) is 4.79 Å². The smallest absolute Gasteiger partial charge is 0.315 e. The van der Waals surface area contributed by atoms with Crippen molar-refractivity contribution in [3.05, 3.63) is 0 Å². The summed E-state index contributed by atoms with van der Waals surface area (Å²) in [5, 5.41) is 6.30. The number of rotatable bonds is 5. The third-order valence-electron chi connectivity index (χ3n) is 4.35. The molecule has 0 radical (unpaired) electrons. The van der Waals surface area contributed by atoms with Gasteiger partial charge in [0, 0.05) is 11.6 Å². The van der Waals surface area contributed by atoms with E-state index in [4.69, 9.17) is 0 Å². The minimum atomic E-state index is -0.0151. The molecule has 1 aliphatic carbocycles. The summed E-state index contributed by atoms with van der Waals surface area (Å²) in [6.07, 6.45) is 9.11. The molecule has 1 rings (SSSR count). The van der Waals surface area contributed by atoms with Gasteiger partial charge in [-0.3, -0.25) is 0 Å². The lowest BCUT2D eigenvalue weighted by Crippen LogP contribution is -2.53. The number of carbonyl (C=O) groups excluding carboxylic acids is 1. The number of hydrogen-bond donors (Lipinski definition) is 2. The van der Waals surface area contributed by atoms with Crippen molar-refractivity contribution in [2.75, 3.05) is 0 Å². The predicted octanol–water partition coefficient (Wildman–Crippen LogP) is 3.59. The van der Waals surface area contributed by atoms with Crippen LogP contribution in [0.3, 0.4) is 0 Å². The molecule has 2 N–H and O–H groups in total. The van der Waals surface area contributed by atoms with E-state index in [9.17, 15) is 4.79 Å². The third-order valence-corrected chi connectivity index (χ3v) is 4.35. The lowest BCUT2D eigenvalue weighted by Gasteiger charge is -2.33. The first kappa shape index (κ1) is 14.3. The fraction of sp³-hybridized carbons (Fsp3) is 0.929. The Morgan fingerprint density at radius 1 is 1.06 bits per heavy atom. The fourth-order valence-electron chi connectivity index (χ4n) is 2.72. The van der Waals surface area contributed by atoms with Crippen molar-refractivity contribution in [3.63, 3.8) is 0 Å². The van der Waals surface area contributed by atoms with Crippen molar-refractivity contribution < 1.29 is 4.79 Å². The van der Waals surface area contributed by atoms with Crippen molar-refractivity contribution >= 4 is 6.03 Å². The van der Waals surface area contributed by atoms with Crippen LogP contribution in [0, 0.1) is 0 Å². The van der Waals surface area contributed by atoms with E-state index in [2.05, 4.69) is 31.4 Å². The summed E-state index contributed by atoms with van der Waals surface area (Å²) in [4.78, 5) is 12.0. The number of urea groups is 1. The molecule has 2 amide bonds. The Hall–Kier alpha value is -0.730. The maximum absolute atomic E-state index is 12.0. The molecular weight excluding hydrogens is 212 g/mol. The van der Waals surface area contributed by atoms with Gasteiger partial charge in [0.1, 0.15) is 0 Å². The Balaban J connectivity index is 2.41. The molecule has 17 heavy (non-hydrogen) atoms. The van der Waals surface area contributed by atoms with Crippen molar-refractivity contribution in [2.24, 2.45) is 0 Å². The van der Waals surface area contributed by atoms with E-state index in [0.29, 0.717) is 6.04 Å². The summed E-state index contributed by atoms with van der Waals surface area (Å²) in [6.45, 7) is 6.44. The van der Waals surface area contributed by atoms with Gasteiger partial charge in [0.25, 0.3) is 0 Å². The molecule has 0 bridgehead atoms. The molecule has 1 fully saturated rings. The van der Waals surface area contributed by atoms with Crippen LogP contribution in [0.4, 0.5) is 4.79 Å². The van der Waals surface area contributed by atoms with Gasteiger partial charge in [-0.1, -0.05) is 40.0 Å². The van der Waals surface area contributed by atoms with Crippen LogP contribution < -0.4 is 10.6 Å². The van der Waals surface area contributed by atoms with Crippen LogP contribution in [-0.4, -0.2) is 17.6 Å². The van der Waals surface area contributed by atoms with E-state index < -0.39 is 0 Å². The van der Waals surface area contributed by atoms with Crippen LogP contribution in [0.25, 0.3) is 0 Å². The molecule has 3 nitrogen and oxygen atoms in total. The van der Waals surface area contributed by atoms with E-state index in [-0.39, 0.29) is 11.6 Å². The van der Waals surface area contributed by atoms with Crippen molar-refractivity contribution in [3.8, 4) is 0 Å². The van der Waals surface area contributed by atoms with Crippen LogP contribution in [0.5, 0.6) is 0 Å². The first-order chi connectivity index (χ1) is 8.15. The zero-order chi connectivity index (χ0) is 12.7. The summed E-state index contributed by atoms with van der Waals surface area (Å²) in [5.41, 5.74) is -0.0151. The molecule has 0 aliphatic heterocycles. The van der Waals surface area contributed by atoms with Crippen molar-refractivity contribution in [1.82, 2.24) is 10.6 Å². The normalized spacial score (nSPS) is 17.8. The Morgan fingerprint density at radius 2 is 1.59 bits per heavy atom. The predicted molar refractivity (Wildman–Crippen MR) is 72.1 cm³/mol. The SMILES string of the molecule is CCC(CC)(CC)NC(=O)NC1CCCCC1. The summed E-state index contributed by atoms with van der Waals surface area (Å²) >= 11 is 0. The highest BCUT2D eigenvalue weighted by molar-refractivity contribution is 5.75. The first-order valence-electron chi connectivity index (χ1n) is 7.24. The number of nitrogens with one attached hydrogen (secondary N) is 2. The maximum atomic E-state index is 12.0. The van der Waals surface area contributed by atoms with Gasteiger partial charge in [-0.2, -0.15) is 0 Å². The number of hydrogen-bond acceptors (Lipinski definition) is 1. The molecule has 0 aromatic heterocycles. The second-order valence-electron chi connectivity index (χ2n) is 5.27. The average Bonchev–Trinajstić information content (AvgIpc) is 2.37. The average molecular weight is 240 g/mol. The summed E-state index contributed by atoms with van der Waals surface area (Å²) in [6, 6.07) is 0.425. The largest absolute Gasteiger partial charge is 0.335 e. The molecule has 0 aromatic carbocycles. The third kappa shape index (κ3) is 4.21. The minimum Gasteiger partial charge on any atom is -0.335 e. The van der Waals surface area contributed by atoms with Gasteiger partial charge >= 0.3 is 6.03 Å². The second kappa shape index (κ2) is 6.87. The Bertz CT molecular complexity index is 222. The minimum absolute atomic E-state index is 0.0151. The molecule has 0 heterocycles. The molecule has 1 saturated carbocycles. The fourth-order valence-corrected chi connectivity index (χ4v) is 2.72. The Labute approximate surface area is 106 Å². The standard InChI is InChI=1S/C14H28N2O/c1-4-14(5-2,6-3)16-13(17)15-12-10-8-7-9-11-12/h12H,4-11H2,1-3H3,(H2,15,16,17). The monoisotopic (exact) mass is 240 g/mol. The summed E-state index contributed by atoms with van der Waals surface area (Å²) in [7, 11) is 0. The second-order valence-corrected chi connectivity index (χ2v) is 5.27. The van der Waals surface area contributed by atoms with E-state index in [0.717, 1.165) is 32.1 Å². The molecule has 0 spiro atoms. The van der Waals surface area contributed by atoms with E-state index in [1.54, 1.807) is 0 Å². The zero-order valence-corrected chi connectivity index (χ0v) is 11.6. The van der Waals surface area contributed by atoms with Crippen molar-refractivity contribution in [1.29, 1.82) is 0 Å². The molecule has 0 unspecified atom stereocenters. The zero-order valence-electron chi connectivity index (χ0n) is 11.6. The molecular formula is C14H28N2O. The van der Waals surface area contributed by atoms with Crippen molar-refractivity contribution in [2.45, 2.75) is 83.7 Å². The summed E-state index contributed by atoms with van der Waals surface area (Å²) < 4.78 is 0. The Morgan fingerprint density at radius 3 is 2.06 bits per heavy atom. The molecule has 0 saturated heterocycles. The highest BCUT2D eigenvalue weighted by atomic mass is 16.2. The topological polar surface area (TPSA) is 41.1 Å². The lowest BCUT2D eigenvalue weighted by atomic mass is 9.90. The lowest BCUT2D eigenvalue weighted by molar-refractivity contribution is 0.210. The van der Waals surface area contributed by atoms with Gasteiger partial charge in [-0.15, -0.1) is 0 Å². The molecule has 3 heteroatoms. The number of amides is 2. The summed E-state index contributed by atoms with van der Waals surface area (Å²) in [5.74, 6) is 0. The molecule has 0 atom stereocenters. The van der Waals surface area contributed by atoms with Gasteiger partial charge in [-0.05, 0) is 32.1 Å². The highest BCUT2D eigenvalue weighted by Gasteiger charge is 2.26.